The number of benzene rings is 1. The molecule has 122 valence electrons. The largest absolute Gasteiger partial charge is 0.444 e. The Labute approximate surface area is 132 Å². The van der Waals surface area contributed by atoms with Crippen LogP contribution >= 0.6 is 0 Å². The van der Waals surface area contributed by atoms with Gasteiger partial charge >= 0.3 is 6.09 Å². The lowest BCUT2D eigenvalue weighted by atomic mass is 10.1. The van der Waals surface area contributed by atoms with E-state index in [1.54, 1.807) is 0 Å². The number of anilines is 1. The fraction of sp³-hybridized carbons (Fsp3) is 0.588. The van der Waals surface area contributed by atoms with Gasteiger partial charge in [-0.2, -0.15) is 0 Å². The molecular formula is C17H26N2O3. The maximum absolute atomic E-state index is 11.7. The molecule has 5 heteroatoms. The van der Waals surface area contributed by atoms with E-state index in [1.165, 1.54) is 0 Å². The number of rotatable bonds is 4. The van der Waals surface area contributed by atoms with Crippen LogP contribution in [0.15, 0.2) is 24.3 Å². The van der Waals surface area contributed by atoms with E-state index >= 15 is 0 Å². The summed E-state index contributed by atoms with van der Waals surface area (Å²) >= 11 is 0. The van der Waals surface area contributed by atoms with E-state index in [2.05, 4.69) is 16.7 Å². The van der Waals surface area contributed by atoms with Gasteiger partial charge in [0.25, 0.3) is 0 Å². The van der Waals surface area contributed by atoms with Crippen LogP contribution in [-0.4, -0.2) is 30.9 Å². The Morgan fingerprint density at radius 3 is 2.73 bits per heavy atom. The van der Waals surface area contributed by atoms with E-state index < -0.39 is 11.7 Å². The molecule has 0 saturated carbocycles. The molecule has 22 heavy (non-hydrogen) atoms. The molecule has 0 spiro atoms. The molecule has 0 aliphatic carbocycles. The summed E-state index contributed by atoms with van der Waals surface area (Å²) in [7, 11) is 0. The molecule has 0 atom stereocenters. The van der Waals surface area contributed by atoms with Crippen LogP contribution in [0.3, 0.4) is 0 Å². The first-order valence-corrected chi connectivity index (χ1v) is 7.82. The van der Waals surface area contributed by atoms with E-state index in [0.29, 0.717) is 12.6 Å². The predicted molar refractivity (Wildman–Crippen MR) is 87.0 cm³/mol. The number of nitrogens with one attached hydrogen (secondary N) is 2. The van der Waals surface area contributed by atoms with Crippen molar-refractivity contribution in [1.29, 1.82) is 0 Å². The summed E-state index contributed by atoms with van der Waals surface area (Å²) in [6, 6.07) is 8.56. The standard InChI is InChI=1S/C17H26N2O3/c1-17(2,3)22-16(20)18-12-13-5-4-6-15(11-13)19-14-7-9-21-10-8-14/h4-6,11,14,19H,7-10,12H2,1-3H3,(H,18,20). The molecule has 1 saturated heterocycles. The Bertz CT molecular complexity index is 491. The first-order chi connectivity index (χ1) is 10.4. The van der Waals surface area contributed by atoms with Crippen LogP contribution in [0.25, 0.3) is 0 Å². The molecule has 0 bridgehead atoms. The second-order valence-electron chi connectivity index (χ2n) is 6.59. The smallest absolute Gasteiger partial charge is 0.407 e. The Hall–Kier alpha value is -1.75. The summed E-state index contributed by atoms with van der Waals surface area (Å²) in [5.74, 6) is 0. The molecule has 2 rings (SSSR count). The molecule has 0 aromatic heterocycles. The van der Waals surface area contributed by atoms with E-state index in [0.717, 1.165) is 37.3 Å². The van der Waals surface area contributed by atoms with Crippen molar-refractivity contribution in [3.63, 3.8) is 0 Å². The van der Waals surface area contributed by atoms with Crippen molar-refractivity contribution in [3.8, 4) is 0 Å². The molecular weight excluding hydrogens is 280 g/mol. The highest BCUT2D eigenvalue weighted by Crippen LogP contribution is 2.16. The third-order valence-electron chi connectivity index (χ3n) is 3.35. The number of amides is 1. The average molecular weight is 306 g/mol. The van der Waals surface area contributed by atoms with Crippen LogP contribution in [-0.2, 0) is 16.0 Å². The summed E-state index contributed by atoms with van der Waals surface area (Å²) in [5, 5.41) is 6.30. The van der Waals surface area contributed by atoms with Gasteiger partial charge in [0.15, 0.2) is 0 Å². The molecule has 1 aromatic carbocycles. The normalized spacial score (nSPS) is 16.1. The van der Waals surface area contributed by atoms with Gasteiger partial charge in [0.05, 0.1) is 0 Å². The Kier molecular flexibility index (Phi) is 5.66. The van der Waals surface area contributed by atoms with Crippen molar-refractivity contribution < 1.29 is 14.3 Å². The lowest BCUT2D eigenvalue weighted by Gasteiger charge is -2.24. The van der Waals surface area contributed by atoms with Gasteiger partial charge in [-0.15, -0.1) is 0 Å². The Balaban J connectivity index is 1.84. The molecule has 0 unspecified atom stereocenters. The molecule has 1 aliphatic rings. The summed E-state index contributed by atoms with van der Waals surface area (Å²) < 4.78 is 10.6. The second-order valence-corrected chi connectivity index (χ2v) is 6.59. The van der Waals surface area contributed by atoms with Crippen molar-refractivity contribution in [2.24, 2.45) is 0 Å². The number of alkyl carbamates (subject to hydrolysis) is 1. The van der Waals surface area contributed by atoms with Gasteiger partial charge in [-0.3, -0.25) is 0 Å². The van der Waals surface area contributed by atoms with Gasteiger partial charge in [0, 0.05) is 31.5 Å². The van der Waals surface area contributed by atoms with Crippen LogP contribution < -0.4 is 10.6 Å². The van der Waals surface area contributed by atoms with Crippen molar-refractivity contribution in [3.05, 3.63) is 29.8 Å². The summed E-state index contributed by atoms with van der Waals surface area (Å²) in [6.45, 7) is 7.65. The highest BCUT2D eigenvalue weighted by atomic mass is 16.6. The highest BCUT2D eigenvalue weighted by Gasteiger charge is 2.16. The molecule has 1 amide bonds. The topological polar surface area (TPSA) is 59.6 Å². The maximum atomic E-state index is 11.7. The van der Waals surface area contributed by atoms with Crippen LogP contribution in [0.1, 0.15) is 39.2 Å². The zero-order valence-electron chi connectivity index (χ0n) is 13.6. The van der Waals surface area contributed by atoms with Crippen LogP contribution in [0.2, 0.25) is 0 Å². The second kappa shape index (κ2) is 7.49. The van der Waals surface area contributed by atoms with Gasteiger partial charge < -0.3 is 20.1 Å². The minimum absolute atomic E-state index is 0.393. The minimum Gasteiger partial charge on any atom is -0.444 e. The first-order valence-electron chi connectivity index (χ1n) is 7.82. The minimum atomic E-state index is -0.476. The van der Waals surface area contributed by atoms with Gasteiger partial charge in [-0.05, 0) is 51.3 Å². The van der Waals surface area contributed by atoms with Crippen molar-refractivity contribution in [2.45, 2.75) is 51.8 Å². The number of carbonyl (C=O) groups excluding carboxylic acids is 1. The van der Waals surface area contributed by atoms with E-state index in [1.807, 2.05) is 39.0 Å². The molecule has 5 nitrogen and oxygen atoms in total. The lowest BCUT2D eigenvalue weighted by molar-refractivity contribution is 0.0523. The summed E-state index contributed by atoms with van der Waals surface area (Å²) in [5.41, 5.74) is 1.65. The summed E-state index contributed by atoms with van der Waals surface area (Å²) in [4.78, 5) is 11.7. The zero-order chi connectivity index (χ0) is 16.0. The fourth-order valence-electron chi connectivity index (χ4n) is 2.34. The van der Waals surface area contributed by atoms with Gasteiger partial charge in [-0.1, -0.05) is 12.1 Å². The molecule has 0 radical (unpaired) electrons. The molecule has 2 N–H and O–H groups in total. The number of hydrogen-bond acceptors (Lipinski definition) is 4. The lowest BCUT2D eigenvalue weighted by Crippen LogP contribution is -2.32. The van der Waals surface area contributed by atoms with Crippen molar-refractivity contribution in [1.82, 2.24) is 5.32 Å². The van der Waals surface area contributed by atoms with E-state index in [4.69, 9.17) is 9.47 Å². The quantitative estimate of drug-likeness (QED) is 0.896. The van der Waals surface area contributed by atoms with Gasteiger partial charge in [0.2, 0.25) is 0 Å². The molecule has 1 aromatic rings. The fourth-order valence-corrected chi connectivity index (χ4v) is 2.34. The number of hydrogen-bond donors (Lipinski definition) is 2. The maximum Gasteiger partial charge on any atom is 0.407 e. The van der Waals surface area contributed by atoms with Gasteiger partial charge in [-0.25, -0.2) is 4.79 Å². The Morgan fingerprint density at radius 1 is 1.32 bits per heavy atom. The zero-order valence-corrected chi connectivity index (χ0v) is 13.6. The molecule has 1 fully saturated rings. The third-order valence-corrected chi connectivity index (χ3v) is 3.35. The van der Waals surface area contributed by atoms with Crippen LogP contribution in [0.5, 0.6) is 0 Å². The van der Waals surface area contributed by atoms with E-state index in [-0.39, 0.29) is 0 Å². The highest BCUT2D eigenvalue weighted by molar-refractivity contribution is 5.67. The van der Waals surface area contributed by atoms with Gasteiger partial charge in [0.1, 0.15) is 5.60 Å². The molecule has 1 heterocycles. The number of carbonyl (C=O) groups is 1. The van der Waals surface area contributed by atoms with E-state index in [9.17, 15) is 4.79 Å². The third kappa shape index (κ3) is 5.93. The van der Waals surface area contributed by atoms with Crippen molar-refractivity contribution >= 4 is 11.8 Å². The SMILES string of the molecule is CC(C)(C)OC(=O)NCc1cccc(NC2CCOCC2)c1. The average Bonchev–Trinajstić information content (AvgIpc) is 2.45. The van der Waals surface area contributed by atoms with Crippen LogP contribution in [0, 0.1) is 0 Å². The van der Waals surface area contributed by atoms with Crippen molar-refractivity contribution in [2.75, 3.05) is 18.5 Å². The predicted octanol–water partition coefficient (Wildman–Crippen LogP) is 3.30. The molecule has 1 aliphatic heterocycles. The first kappa shape index (κ1) is 16.6. The monoisotopic (exact) mass is 306 g/mol. The van der Waals surface area contributed by atoms with Crippen LogP contribution in [0.4, 0.5) is 10.5 Å². The number of ether oxygens (including phenoxy) is 2. The summed E-state index contributed by atoms with van der Waals surface area (Å²) in [6.07, 6.45) is 1.66. The Morgan fingerprint density at radius 2 is 2.05 bits per heavy atom.